The van der Waals surface area contributed by atoms with Gasteiger partial charge in [-0.05, 0) is 60.4 Å². The monoisotopic (exact) mass is 542 g/mol. The van der Waals surface area contributed by atoms with E-state index in [1.54, 1.807) is 23.9 Å². The molecule has 1 amide bonds. The highest BCUT2D eigenvalue weighted by molar-refractivity contribution is 5.87. The van der Waals surface area contributed by atoms with Crippen LogP contribution in [0.5, 0.6) is 0 Å². The van der Waals surface area contributed by atoms with Crippen molar-refractivity contribution in [1.29, 1.82) is 0 Å². The summed E-state index contributed by atoms with van der Waals surface area (Å²) in [5.74, 6) is 1.22. The average molecular weight is 543 g/mol. The van der Waals surface area contributed by atoms with Crippen molar-refractivity contribution in [3.63, 3.8) is 0 Å². The SMILES string of the molecule is C[C@H](O)c1nccn1[C@@H](/C=C/c1ccc(-c2ccc(C3CC(CNCc4noc(C(N)=O)n4)C3)cc2)cc1)CO. The van der Waals surface area contributed by atoms with Crippen LogP contribution in [0.3, 0.4) is 0 Å². The highest BCUT2D eigenvalue weighted by atomic mass is 16.5. The van der Waals surface area contributed by atoms with Crippen LogP contribution in [0.1, 0.15) is 71.3 Å². The van der Waals surface area contributed by atoms with Gasteiger partial charge in [0.15, 0.2) is 5.82 Å². The van der Waals surface area contributed by atoms with Gasteiger partial charge in [0.05, 0.1) is 19.2 Å². The fourth-order valence-electron chi connectivity index (χ4n) is 5.12. The van der Waals surface area contributed by atoms with Crippen LogP contribution >= 0.6 is 0 Å². The number of nitrogens with two attached hydrogens (primary N) is 1. The third-order valence-electron chi connectivity index (χ3n) is 7.38. The van der Waals surface area contributed by atoms with Gasteiger partial charge in [0, 0.05) is 12.4 Å². The van der Waals surface area contributed by atoms with Gasteiger partial charge in [-0.2, -0.15) is 4.98 Å². The van der Waals surface area contributed by atoms with Gasteiger partial charge in [0.25, 0.3) is 0 Å². The predicted molar refractivity (Wildman–Crippen MR) is 150 cm³/mol. The number of imidazole rings is 1. The number of benzene rings is 2. The molecule has 0 bridgehead atoms. The van der Waals surface area contributed by atoms with Gasteiger partial charge >= 0.3 is 11.8 Å². The number of carbonyl (C=O) groups is 1. The Morgan fingerprint density at radius 1 is 1.18 bits per heavy atom. The number of primary amides is 1. The summed E-state index contributed by atoms with van der Waals surface area (Å²) < 4.78 is 6.58. The van der Waals surface area contributed by atoms with E-state index in [1.165, 1.54) is 11.1 Å². The Kier molecular flexibility index (Phi) is 8.49. The minimum absolute atomic E-state index is 0.0886. The zero-order valence-electron chi connectivity index (χ0n) is 22.4. The largest absolute Gasteiger partial charge is 0.394 e. The van der Waals surface area contributed by atoms with Crippen molar-refractivity contribution in [3.8, 4) is 11.1 Å². The molecule has 2 aromatic heterocycles. The summed E-state index contributed by atoms with van der Waals surface area (Å²) in [5.41, 5.74) is 9.82. The van der Waals surface area contributed by atoms with Crippen LogP contribution < -0.4 is 11.1 Å². The van der Waals surface area contributed by atoms with E-state index in [-0.39, 0.29) is 18.5 Å². The predicted octanol–water partition coefficient (Wildman–Crippen LogP) is 3.62. The van der Waals surface area contributed by atoms with Gasteiger partial charge in [-0.25, -0.2) is 4.98 Å². The molecule has 0 aliphatic heterocycles. The Morgan fingerprint density at radius 2 is 1.88 bits per heavy atom. The normalized spacial score (nSPS) is 18.5. The van der Waals surface area contributed by atoms with Crippen LogP contribution in [-0.4, -0.2) is 49.0 Å². The topological polar surface area (TPSA) is 152 Å². The lowest BCUT2D eigenvalue weighted by molar-refractivity contribution is 0.0958. The molecular weight excluding hydrogens is 508 g/mol. The molecule has 0 spiro atoms. The molecule has 5 rings (SSSR count). The number of hydrogen-bond acceptors (Lipinski definition) is 8. The summed E-state index contributed by atoms with van der Waals surface area (Å²) in [4.78, 5) is 19.2. The summed E-state index contributed by atoms with van der Waals surface area (Å²) in [5, 5.41) is 26.8. The lowest BCUT2D eigenvalue weighted by Crippen LogP contribution is -2.32. The van der Waals surface area contributed by atoms with Crippen LogP contribution in [0, 0.1) is 5.92 Å². The lowest BCUT2D eigenvalue weighted by atomic mass is 9.71. The van der Waals surface area contributed by atoms with Crippen LogP contribution in [0.2, 0.25) is 0 Å². The quantitative estimate of drug-likeness (QED) is 0.212. The van der Waals surface area contributed by atoms with E-state index in [4.69, 9.17) is 10.3 Å². The number of nitrogens with zero attached hydrogens (tertiary/aromatic N) is 4. The lowest BCUT2D eigenvalue weighted by Gasteiger charge is -2.36. The van der Waals surface area contributed by atoms with Gasteiger partial charge in [-0.15, -0.1) is 0 Å². The standard InChI is InChI=1S/C30H34N6O4/c1-19(38)29-33-12-13-36(29)26(18-37)11-4-20-2-5-22(6-3-20)23-7-9-24(10-8-23)25-14-21(15-25)16-32-17-27-34-30(28(31)39)40-35-27/h2-13,19,21,25-26,32,37-38H,14-18H2,1H3,(H2,31,39)/b11-4+/t19-,21?,25?,26-/m0/s1. The molecule has 1 aliphatic rings. The van der Waals surface area contributed by atoms with Crippen molar-refractivity contribution in [2.45, 2.75) is 44.4 Å². The van der Waals surface area contributed by atoms with E-state index < -0.39 is 12.0 Å². The molecule has 1 fully saturated rings. The van der Waals surface area contributed by atoms with Crippen LogP contribution in [-0.2, 0) is 6.54 Å². The maximum Gasteiger partial charge on any atom is 0.315 e. The number of aliphatic hydroxyl groups excluding tert-OH is 2. The molecule has 0 saturated heterocycles. The number of rotatable bonds is 12. The van der Waals surface area contributed by atoms with Gasteiger partial charge in [0.1, 0.15) is 11.9 Å². The molecular formula is C30H34N6O4. The fraction of sp³-hybridized carbons (Fsp3) is 0.333. The zero-order chi connectivity index (χ0) is 28.1. The third kappa shape index (κ3) is 6.36. The molecule has 1 aliphatic carbocycles. The number of amides is 1. The van der Waals surface area contributed by atoms with E-state index in [0.717, 1.165) is 30.5 Å². The van der Waals surface area contributed by atoms with Crippen LogP contribution in [0.4, 0.5) is 0 Å². The molecule has 0 radical (unpaired) electrons. The second kappa shape index (κ2) is 12.4. The molecule has 1 saturated carbocycles. The van der Waals surface area contributed by atoms with Gasteiger partial charge in [0.2, 0.25) is 0 Å². The molecule has 40 heavy (non-hydrogen) atoms. The summed E-state index contributed by atoms with van der Waals surface area (Å²) in [6, 6.07) is 16.8. The first-order valence-electron chi connectivity index (χ1n) is 13.4. The van der Waals surface area contributed by atoms with Crippen molar-refractivity contribution in [2.24, 2.45) is 11.7 Å². The van der Waals surface area contributed by atoms with E-state index in [2.05, 4.69) is 69.0 Å². The number of carbonyl (C=O) groups excluding carboxylic acids is 1. The molecule has 2 atom stereocenters. The Hall–Kier alpha value is -4.12. The number of hydrogen-bond donors (Lipinski definition) is 4. The molecule has 5 N–H and O–H groups in total. The van der Waals surface area contributed by atoms with Gasteiger partial charge < -0.3 is 30.4 Å². The molecule has 0 unspecified atom stereocenters. The Bertz CT molecular complexity index is 1440. The van der Waals surface area contributed by atoms with Crippen LogP contribution in [0.25, 0.3) is 17.2 Å². The maximum absolute atomic E-state index is 11.0. The number of aromatic nitrogens is 4. The average Bonchev–Trinajstić information content (AvgIpc) is 3.62. The molecule has 10 heteroatoms. The van der Waals surface area contributed by atoms with E-state index >= 15 is 0 Å². The summed E-state index contributed by atoms with van der Waals surface area (Å²) in [6.07, 6.45) is 8.83. The second-order valence-electron chi connectivity index (χ2n) is 10.3. The first kappa shape index (κ1) is 27.4. The summed E-state index contributed by atoms with van der Waals surface area (Å²) >= 11 is 0. The first-order valence-corrected chi connectivity index (χ1v) is 13.4. The molecule has 4 aromatic rings. The zero-order valence-corrected chi connectivity index (χ0v) is 22.4. The van der Waals surface area contributed by atoms with Gasteiger partial charge in [-0.1, -0.05) is 65.8 Å². The molecule has 208 valence electrons. The maximum atomic E-state index is 11.0. The third-order valence-corrected chi connectivity index (χ3v) is 7.38. The number of aliphatic hydroxyl groups is 2. The van der Waals surface area contributed by atoms with E-state index in [1.807, 2.05) is 12.2 Å². The summed E-state index contributed by atoms with van der Waals surface area (Å²) in [6.45, 7) is 2.88. The fourth-order valence-corrected chi connectivity index (χ4v) is 5.12. The van der Waals surface area contributed by atoms with Crippen molar-refractivity contribution < 1.29 is 19.5 Å². The second-order valence-corrected chi connectivity index (χ2v) is 10.3. The van der Waals surface area contributed by atoms with Crippen molar-refractivity contribution >= 4 is 12.0 Å². The Balaban J connectivity index is 1.10. The molecule has 10 nitrogen and oxygen atoms in total. The van der Waals surface area contributed by atoms with Gasteiger partial charge in [-0.3, -0.25) is 4.79 Å². The van der Waals surface area contributed by atoms with Crippen molar-refractivity contribution in [2.75, 3.05) is 13.2 Å². The van der Waals surface area contributed by atoms with Crippen LogP contribution in [0.15, 0.2) is 71.5 Å². The first-order chi connectivity index (χ1) is 19.4. The molecule has 2 aromatic carbocycles. The Morgan fingerprint density at radius 3 is 2.50 bits per heavy atom. The van der Waals surface area contributed by atoms with E-state index in [9.17, 15) is 15.0 Å². The highest BCUT2D eigenvalue weighted by Gasteiger charge is 2.30. The van der Waals surface area contributed by atoms with Crippen molar-refractivity contribution in [1.82, 2.24) is 25.0 Å². The highest BCUT2D eigenvalue weighted by Crippen LogP contribution is 2.41. The minimum Gasteiger partial charge on any atom is -0.394 e. The smallest absolute Gasteiger partial charge is 0.315 e. The number of nitrogens with one attached hydrogen (secondary N) is 1. The van der Waals surface area contributed by atoms with Crippen molar-refractivity contribution in [3.05, 3.63) is 95.7 Å². The minimum atomic E-state index is -0.719. The Labute approximate surface area is 232 Å². The van der Waals surface area contributed by atoms with E-state index in [0.29, 0.717) is 30.0 Å². The molecule has 2 heterocycles. The summed E-state index contributed by atoms with van der Waals surface area (Å²) in [7, 11) is 0.